The van der Waals surface area contributed by atoms with Gasteiger partial charge in [-0.15, -0.1) is 0 Å². The molecule has 0 aromatic heterocycles. The van der Waals surface area contributed by atoms with Crippen molar-refractivity contribution in [3.05, 3.63) is 51.5 Å². The van der Waals surface area contributed by atoms with Gasteiger partial charge in [-0.1, -0.05) is 27.5 Å². The molecule has 1 aliphatic heterocycles. The lowest BCUT2D eigenvalue weighted by atomic mass is 9.69. The third kappa shape index (κ3) is 1.17. The Morgan fingerprint density at radius 1 is 1.20 bits per heavy atom. The van der Waals surface area contributed by atoms with Crippen LogP contribution in [0.25, 0.3) is 0 Å². The van der Waals surface area contributed by atoms with Crippen LogP contribution in [0.2, 0.25) is 0 Å². The predicted octanol–water partition coefficient (Wildman–Crippen LogP) is 3.87. The summed E-state index contributed by atoms with van der Waals surface area (Å²) in [5, 5.41) is 3.61. The molecule has 2 aromatic rings. The maximum absolute atomic E-state index is 6.28. The summed E-state index contributed by atoms with van der Waals surface area (Å²) in [5.41, 5.74) is 8.08. The molecule has 2 aliphatic carbocycles. The van der Waals surface area contributed by atoms with Gasteiger partial charge in [0.15, 0.2) is 0 Å². The van der Waals surface area contributed by atoms with Crippen LogP contribution in [0.4, 0.5) is 11.4 Å². The summed E-state index contributed by atoms with van der Waals surface area (Å²) in [5.74, 6) is 0.650. The van der Waals surface area contributed by atoms with Gasteiger partial charge in [0, 0.05) is 21.3 Å². The minimum absolute atomic E-state index is 0.203. The second-order valence-corrected chi connectivity index (χ2v) is 7.24. The zero-order valence-electron chi connectivity index (χ0n) is 11.0. The normalized spacial score (nSPS) is 27.9. The van der Waals surface area contributed by atoms with E-state index in [-0.39, 0.29) is 5.41 Å². The van der Waals surface area contributed by atoms with Crippen LogP contribution < -0.4 is 10.8 Å². The van der Waals surface area contributed by atoms with E-state index in [4.69, 9.17) is 7.85 Å². The van der Waals surface area contributed by atoms with Crippen LogP contribution in [0, 0.1) is 0 Å². The van der Waals surface area contributed by atoms with Crippen molar-refractivity contribution < 1.29 is 0 Å². The maximum Gasteiger partial charge on any atom is 0.114 e. The van der Waals surface area contributed by atoms with E-state index in [0.29, 0.717) is 5.92 Å². The Labute approximate surface area is 128 Å². The van der Waals surface area contributed by atoms with E-state index >= 15 is 0 Å². The van der Waals surface area contributed by atoms with Crippen LogP contribution in [0.15, 0.2) is 34.8 Å². The first-order valence-electron chi connectivity index (χ1n) is 7.19. The fourth-order valence-electron chi connectivity index (χ4n) is 4.76. The van der Waals surface area contributed by atoms with Gasteiger partial charge in [0.1, 0.15) is 7.85 Å². The van der Waals surface area contributed by atoms with Gasteiger partial charge in [-0.3, -0.25) is 0 Å². The third-order valence-electron chi connectivity index (χ3n) is 5.45. The number of anilines is 2. The molecule has 1 N–H and O–H groups in total. The van der Waals surface area contributed by atoms with Gasteiger partial charge in [0.2, 0.25) is 0 Å². The highest BCUT2D eigenvalue weighted by molar-refractivity contribution is 9.10. The third-order valence-corrected chi connectivity index (χ3v) is 5.94. The van der Waals surface area contributed by atoms with Crippen LogP contribution in [-0.4, -0.2) is 7.85 Å². The first-order valence-corrected chi connectivity index (χ1v) is 7.98. The monoisotopic (exact) mass is 321 g/mol. The molecule has 1 fully saturated rings. The molecule has 2 aromatic carbocycles. The van der Waals surface area contributed by atoms with Crippen molar-refractivity contribution in [2.24, 2.45) is 0 Å². The van der Waals surface area contributed by atoms with Gasteiger partial charge < -0.3 is 5.32 Å². The molecule has 5 rings (SSSR count). The minimum atomic E-state index is 0.203. The summed E-state index contributed by atoms with van der Waals surface area (Å²) in [7, 11) is 6.28. The zero-order valence-corrected chi connectivity index (χ0v) is 12.6. The van der Waals surface area contributed by atoms with Crippen molar-refractivity contribution in [2.45, 2.75) is 30.6 Å². The predicted molar refractivity (Wildman–Crippen MR) is 86.6 cm³/mol. The summed E-state index contributed by atoms with van der Waals surface area (Å²) in [6.45, 7) is 0. The summed E-state index contributed by atoms with van der Waals surface area (Å²) >= 11 is 3.63. The van der Waals surface area contributed by atoms with Crippen LogP contribution in [0.5, 0.6) is 0 Å². The van der Waals surface area contributed by atoms with Crippen molar-refractivity contribution in [1.29, 1.82) is 0 Å². The van der Waals surface area contributed by atoms with Crippen LogP contribution >= 0.6 is 15.9 Å². The van der Waals surface area contributed by atoms with Gasteiger partial charge in [-0.05, 0) is 66.1 Å². The van der Waals surface area contributed by atoms with Crippen LogP contribution in [0.1, 0.15) is 41.9 Å². The summed E-state index contributed by atoms with van der Waals surface area (Å²) < 4.78 is 1.16. The number of nitrogens with one attached hydrogen (secondary N) is 1. The Morgan fingerprint density at radius 2 is 2.05 bits per heavy atom. The Balaban J connectivity index is 1.90. The van der Waals surface area contributed by atoms with E-state index in [2.05, 4.69) is 51.6 Å². The van der Waals surface area contributed by atoms with E-state index in [0.717, 1.165) is 9.94 Å². The quantitative estimate of drug-likeness (QED) is 0.726. The molecule has 1 spiro atoms. The molecular weight excluding hydrogens is 309 g/mol. The summed E-state index contributed by atoms with van der Waals surface area (Å²) in [4.78, 5) is 0. The number of hydrogen-bond acceptors (Lipinski definition) is 1. The molecule has 3 aliphatic rings. The highest BCUT2D eigenvalue weighted by Crippen LogP contribution is 2.64. The average Bonchev–Trinajstić information content (AvgIpc) is 3.01. The molecule has 1 heterocycles. The standard InChI is InChI=1S/C17H13BBrN/c18-12-2-4-14-16-15(12)9-5-6-17(16,8-9)11-7-10(19)1-3-13(11)20-14/h1-4,7,9,20H,5-6,8H2. The Kier molecular flexibility index (Phi) is 2.01. The second kappa shape index (κ2) is 3.51. The number of halogens is 1. The number of benzene rings is 2. The minimum Gasteiger partial charge on any atom is -0.355 e. The molecule has 2 unspecified atom stereocenters. The van der Waals surface area contributed by atoms with Crippen molar-refractivity contribution in [3.63, 3.8) is 0 Å². The van der Waals surface area contributed by atoms with Gasteiger partial charge in [0.25, 0.3) is 0 Å². The number of hydrogen-bond donors (Lipinski definition) is 1. The molecule has 2 radical (unpaired) electrons. The number of rotatable bonds is 0. The maximum atomic E-state index is 6.28. The second-order valence-electron chi connectivity index (χ2n) is 6.33. The topological polar surface area (TPSA) is 12.0 Å². The molecule has 20 heavy (non-hydrogen) atoms. The van der Waals surface area contributed by atoms with Crippen molar-refractivity contribution in [2.75, 3.05) is 5.32 Å². The Bertz CT molecular complexity index is 770. The van der Waals surface area contributed by atoms with Gasteiger partial charge in [-0.2, -0.15) is 0 Å². The summed E-state index contributed by atoms with van der Waals surface area (Å²) in [6.07, 6.45) is 3.76. The fraction of sp³-hybridized carbons (Fsp3) is 0.294. The Morgan fingerprint density at radius 3 is 2.95 bits per heavy atom. The first kappa shape index (κ1) is 11.4. The molecule has 96 valence electrons. The molecule has 0 amide bonds. The molecule has 1 saturated carbocycles. The molecule has 0 saturated heterocycles. The lowest BCUT2D eigenvalue weighted by Crippen LogP contribution is -2.30. The van der Waals surface area contributed by atoms with E-state index in [1.54, 1.807) is 0 Å². The number of fused-ring (bicyclic) bond motifs is 3. The average molecular weight is 322 g/mol. The van der Waals surface area contributed by atoms with Crippen molar-refractivity contribution in [3.8, 4) is 0 Å². The largest absolute Gasteiger partial charge is 0.355 e. The highest BCUT2D eigenvalue weighted by atomic mass is 79.9. The lowest BCUT2D eigenvalue weighted by molar-refractivity contribution is 0.548. The molecule has 2 bridgehead atoms. The molecule has 3 heteroatoms. The van der Waals surface area contributed by atoms with Crippen molar-refractivity contribution >= 4 is 40.6 Å². The fourth-order valence-corrected chi connectivity index (χ4v) is 5.12. The molecular formula is C17H13BBrN. The van der Waals surface area contributed by atoms with Gasteiger partial charge in [0.05, 0.1) is 0 Å². The van der Waals surface area contributed by atoms with E-state index in [9.17, 15) is 0 Å². The smallest absolute Gasteiger partial charge is 0.114 e. The van der Waals surface area contributed by atoms with Crippen LogP contribution in [-0.2, 0) is 5.41 Å². The molecule has 2 atom stereocenters. The first-order chi connectivity index (χ1) is 9.69. The van der Waals surface area contributed by atoms with Gasteiger partial charge in [-0.25, -0.2) is 0 Å². The molecule has 1 nitrogen and oxygen atoms in total. The SMILES string of the molecule is [B]c1ccc2c3c1C1CCC3(C1)c1cc(Br)ccc1N2. The van der Waals surface area contributed by atoms with Crippen LogP contribution in [0.3, 0.4) is 0 Å². The van der Waals surface area contributed by atoms with E-state index in [1.807, 2.05) is 0 Å². The summed E-state index contributed by atoms with van der Waals surface area (Å²) in [6, 6.07) is 10.8. The highest BCUT2D eigenvalue weighted by Gasteiger charge is 2.54. The van der Waals surface area contributed by atoms with Gasteiger partial charge >= 0.3 is 0 Å². The van der Waals surface area contributed by atoms with E-state index in [1.165, 1.54) is 47.3 Å². The van der Waals surface area contributed by atoms with Crippen molar-refractivity contribution in [1.82, 2.24) is 0 Å². The van der Waals surface area contributed by atoms with E-state index < -0.39 is 0 Å². The lowest BCUT2D eigenvalue weighted by Gasteiger charge is -2.38. The Hall–Kier alpha value is -1.22. The zero-order chi connectivity index (χ0) is 13.5.